The van der Waals surface area contributed by atoms with Gasteiger partial charge in [0.05, 0.1) is 0 Å². The molecular weight excluding hydrogens is 234 g/mol. The van der Waals surface area contributed by atoms with Crippen LogP contribution >= 0.6 is 0 Å². The van der Waals surface area contributed by atoms with Gasteiger partial charge in [0.1, 0.15) is 0 Å². The lowest BCUT2D eigenvalue weighted by atomic mass is 10.0. The SMILES string of the molecule is CCC1CN(C)CCCN1C(C)c1ccc(N)cc1. The molecule has 2 N–H and O–H groups in total. The van der Waals surface area contributed by atoms with E-state index in [0.29, 0.717) is 12.1 Å². The molecule has 3 heteroatoms. The van der Waals surface area contributed by atoms with E-state index in [1.54, 1.807) is 0 Å². The van der Waals surface area contributed by atoms with Crippen molar-refractivity contribution in [3.05, 3.63) is 29.8 Å². The summed E-state index contributed by atoms with van der Waals surface area (Å²) in [6.07, 6.45) is 2.47. The summed E-state index contributed by atoms with van der Waals surface area (Å²) in [4.78, 5) is 5.12. The molecule has 0 aliphatic carbocycles. The lowest BCUT2D eigenvalue weighted by Gasteiger charge is -2.35. The molecule has 106 valence electrons. The third kappa shape index (κ3) is 3.48. The van der Waals surface area contributed by atoms with Gasteiger partial charge in [0.15, 0.2) is 0 Å². The maximum absolute atomic E-state index is 5.78. The van der Waals surface area contributed by atoms with Crippen LogP contribution < -0.4 is 5.73 Å². The van der Waals surface area contributed by atoms with Crippen molar-refractivity contribution in [2.45, 2.75) is 38.8 Å². The maximum atomic E-state index is 5.78. The molecule has 0 bridgehead atoms. The van der Waals surface area contributed by atoms with Gasteiger partial charge in [0.25, 0.3) is 0 Å². The molecule has 1 aliphatic heterocycles. The summed E-state index contributed by atoms with van der Waals surface area (Å²) in [5.74, 6) is 0. The van der Waals surface area contributed by atoms with Crippen LogP contribution in [0.5, 0.6) is 0 Å². The Kier molecular flexibility index (Phi) is 4.83. The summed E-state index contributed by atoms with van der Waals surface area (Å²) in [5, 5.41) is 0. The van der Waals surface area contributed by atoms with E-state index in [0.717, 1.165) is 5.69 Å². The minimum Gasteiger partial charge on any atom is -0.399 e. The number of anilines is 1. The van der Waals surface area contributed by atoms with Crippen LogP contribution in [0.3, 0.4) is 0 Å². The van der Waals surface area contributed by atoms with Gasteiger partial charge in [0, 0.05) is 30.9 Å². The number of nitrogens with zero attached hydrogens (tertiary/aromatic N) is 2. The molecule has 0 spiro atoms. The van der Waals surface area contributed by atoms with Crippen LogP contribution in [0.15, 0.2) is 24.3 Å². The number of hydrogen-bond donors (Lipinski definition) is 1. The van der Waals surface area contributed by atoms with Crippen LogP contribution in [0.25, 0.3) is 0 Å². The van der Waals surface area contributed by atoms with Crippen molar-refractivity contribution in [3.8, 4) is 0 Å². The van der Waals surface area contributed by atoms with Gasteiger partial charge in [-0.15, -0.1) is 0 Å². The molecule has 0 aromatic heterocycles. The fourth-order valence-electron chi connectivity index (χ4n) is 3.10. The van der Waals surface area contributed by atoms with E-state index >= 15 is 0 Å². The Hall–Kier alpha value is -1.06. The van der Waals surface area contributed by atoms with Gasteiger partial charge in [-0.05, 0) is 51.1 Å². The highest BCUT2D eigenvalue weighted by Crippen LogP contribution is 2.26. The first-order chi connectivity index (χ1) is 9.11. The quantitative estimate of drug-likeness (QED) is 0.849. The first-order valence-corrected chi connectivity index (χ1v) is 7.41. The van der Waals surface area contributed by atoms with Crippen LogP contribution in [0.4, 0.5) is 5.69 Å². The highest BCUT2D eigenvalue weighted by atomic mass is 15.2. The Morgan fingerprint density at radius 1 is 1.26 bits per heavy atom. The molecule has 2 rings (SSSR count). The lowest BCUT2D eigenvalue weighted by Crippen LogP contribution is -2.41. The van der Waals surface area contributed by atoms with Crippen molar-refractivity contribution in [1.82, 2.24) is 9.80 Å². The van der Waals surface area contributed by atoms with Crippen molar-refractivity contribution in [2.75, 3.05) is 32.4 Å². The molecule has 2 atom stereocenters. The normalized spacial score (nSPS) is 24.1. The Morgan fingerprint density at radius 2 is 1.95 bits per heavy atom. The van der Waals surface area contributed by atoms with Gasteiger partial charge in [-0.25, -0.2) is 0 Å². The van der Waals surface area contributed by atoms with Crippen LogP contribution in [0, 0.1) is 0 Å². The second-order valence-electron chi connectivity index (χ2n) is 5.76. The van der Waals surface area contributed by atoms with Crippen LogP contribution in [0.2, 0.25) is 0 Å². The largest absolute Gasteiger partial charge is 0.399 e. The van der Waals surface area contributed by atoms with Gasteiger partial charge in [-0.1, -0.05) is 19.1 Å². The summed E-state index contributed by atoms with van der Waals surface area (Å²) in [6, 6.07) is 9.48. The second kappa shape index (κ2) is 6.40. The highest BCUT2D eigenvalue weighted by molar-refractivity contribution is 5.40. The predicted octanol–water partition coefficient (Wildman–Crippen LogP) is 2.75. The Labute approximate surface area is 117 Å². The third-order valence-corrected chi connectivity index (χ3v) is 4.34. The van der Waals surface area contributed by atoms with Crippen LogP contribution in [-0.2, 0) is 0 Å². The molecule has 19 heavy (non-hydrogen) atoms. The molecule has 1 heterocycles. The summed E-state index contributed by atoms with van der Waals surface area (Å²) in [5.41, 5.74) is 8.00. The van der Waals surface area contributed by atoms with E-state index in [1.165, 1.54) is 38.0 Å². The van der Waals surface area contributed by atoms with Gasteiger partial charge < -0.3 is 10.6 Å². The van der Waals surface area contributed by atoms with Crippen molar-refractivity contribution in [1.29, 1.82) is 0 Å². The molecule has 0 amide bonds. The fraction of sp³-hybridized carbons (Fsp3) is 0.625. The lowest BCUT2D eigenvalue weighted by molar-refractivity contribution is 0.137. The average Bonchev–Trinajstić information content (AvgIpc) is 2.60. The van der Waals surface area contributed by atoms with Crippen LogP contribution in [-0.4, -0.2) is 42.5 Å². The summed E-state index contributed by atoms with van der Waals surface area (Å²) < 4.78 is 0. The molecule has 2 unspecified atom stereocenters. The highest BCUT2D eigenvalue weighted by Gasteiger charge is 2.26. The first-order valence-electron chi connectivity index (χ1n) is 7.41. The first kappa shape index (κ1) is 14.4. The molecular formula is C16H27N3. The van der Waals surface area contributed by atoms with E-state index in [1.807, 2.05) is 12.1 Å². The predicted molar refractivity (Wildman–Crippen MR) is 82.2 cm³/mol. The molecule has 3 nitrogen and oxygen atoms in total. The van der Waals surface area contributed by atoms with E-state index < -0.39 is 0 Å². The molecule has 1 saturated heterocycles. The maximum Gasteiger partial charge on any atom is 0.0323 e. The Bertz CT molecular complexity index is 387. The van der Waals surface area contributed by atoms with Crippen molar-refractivity contribution in [3.63, 3.8) is 0 Å². The summed E-state index contributed by atoms with van der Waals surface area (Å²) >= 11 is 0. The molecule has 1 fully saturated rings. The van der Waals surface area contributed by atoms with Crippen molar-refractivity contribution < 1.29 is 0 Å². The van der Waals surface area contributed by atoms with Gasteiger partial charge >= 0.3 is 0 Å². The van der Waals surface area contributed by atoms with Crippen LogP contribution in [0.1, 0.15) is 38.3 Å². The number of likely N-dealkylation sites (N-methyl/N-ethyl adjacent to an activating group) is 1. The van der Waals surface area contributed by atoms with Gasteiger partial charge in [0.2, 0.25) is 0 Å². The molecule has 1 aromatic carbocycles. The molecule has 0 saturated carbocycles. The number of hydrogen-bond acceptors (Lipinski definition) is 3. The van der Waals surface area contributed by atoms with E-state index in [2.05, 4.69) is 42.8 Å². The smallest absolute Gasteiger partial charge is 0.0323 e. The zero-order chi connectivity index (χ0) is 13.8. The fourth-order valence-corrected chi connectivity index (χ4v) is 3.10. The Balaban J connectivity index is 2.15. The number of nitrogens with two attached hydrogens (primary N) is 1. The standard InChI is InChI=1S/C16H27N3/c1-4-16-12-18(3)10-5-11-19(16)13(2)14-6-8-15(17)9-7-14/h6-9,13,16H,4-5,10-12,17H2,1-3H3. The van der Waals surface area contributed by atoms with Gasteiger partial charge in [-0.2, -0.15) is 0 Å². The minimum atomic E-state index is 0.469. The molecule has 1 aliphatic rings. The van der Waals surface area contributed by atoms with Crippen molar-refractivity contribution in [2.24, 2.45) is 0 Å². The van der Waals surface area contributed by atoms with E-state index in [4.69, 9.17) is 5.73 Å². The zero-order valence-electron chi connectivity index (χ0n) is 12.5. The summed E-state index contributed by atoms with van der Waals surface area (Å²) in [7, 11) is 2.24. The molecule has 0 radical (unpaired) electrons. The summed E-state index contributed by atoms with van der Waals surface area (Å²) in [6.45, 7) is 8.19. The van der Waals surface area contributed by atoms with Gasteiger partial charge in [-0.3, -0.25) is 4.90 Å². The second-order valence-corrected chi connectivity index (χ2v) is 5.76. The monoisotopic (exact) mass is 261 g/mol. The average molecular weight is 261 g/mol. The minimum absolute atomic E-state index is 0.469. The topological polar surface area (TPSA) is 32.5 Å². The van der Waals surface area contributed by atoms with E-state index in [-0.39, 0.29) is 0 Å². The number of benzene rings is 1. The number of nitrogen functional groups attached to an aromatic ring is 1. The zero-order valence-corrected chi connectivity index (χ0v) is 12.5. The third-order valence-electron chi connectivity index (χ3n) is 4.34. The Morgan fingerprint density at radius 3 is 2.58 bits per heavy atom. The molecule has 1 aromatic rings. The van der Waals surface area contributed by atoms with Crippen molar-refractivity contribution >= 4 is 5.69 Å². The van der Waals surface area contributed by atoms with E-state index in [9.17, 15) is 0 Å². The number of rotatable bonds is 3.